The molecule has 1 aliphatic heterocycles. The summed E-state index contributed by atoms with van der Waals surface area (Å²) in [7, 11) is 0. The van der Waals surface area contributed by atoms with Crippen molar-refractivity contribution in [2.24, 2.45) is 0 Å². The minimum Gasteiger partial charge on any atom is -0.507 e. The molecule has 7 rings (SSSR count). The van der Waals surface area contributed by atoms with E-state index in [2.05, 4.69) is 62.3 Å². The highest BCUT2D eigenvalue weighted by atomic mass is 16.3. The minimum absolute atomic E-state index is 0.00958. The number of aldehydes is 1. The third-order valence-electron chi connectivity index (χ3n) is 8.49. The summed E-state index contributed by atoms with van der Waals surface area (Å²) in [5.41, 5.74) is 14.6. The van der Waals surface area contributed by atoms with Gasteiger partial charge in [-0.3, -0.25) is 14.3 Å². The van der Waals surface area contributed by atoms with Crippen molar-refractivity contribution in [3.05, 3.63) is 120 Å². The lowest BCUT2D eigenvalue weighted by atomic mass is 10.1. The van der Waals surface area contributed by atoms with E-state index in [1.54, 1.807) is 24.4 Å². The van der Waals surface area contributed by atoms with Crippen LogP contribution in [0.4, 0.5) is 11.5 Å². The number of nitrogen functional groups attached to an aromatic ring is 1. The first kappa shape index (κ1) is 28.9. The van der Waals surface area contributed by atoms with Crippen molar-refractivity contribution < 1.29 is 9.90 Å². The van der Waals surface area contributed by atoms with Gasteiger partial charge in [-0.1, -0.05) is 55.1 Å². The number of carbonyl (C=O) groups is 1. The fourth-order valence-electron chi connectivity index (χ4n) is 6.06. The molecule has 0 bridgehead atoms. The normalized spacial score (nSPS) is 13.6. The van der Waals surface area contributed by atoms with Crippen LogP contribution in [0.15, 0.2) is 104 Å². The van der Waals surface area contributed by atoms with Gasteiger partial charge in [-0.15, -0.1) is 0 Å². The Kier molecular flexibility index (Phi) is 7.74. The summed E-state index contributed by atoms with van der Waals surface area (Å²) in [5.74, 6) is 1.09. The maximum atomic E-state index is 11.3. The number of hydrogen-bond acceptors (Lipinski definition) is 8. The fraction of sp³-hybridized carbons (Fsp3) is 0.135. The first-order valence-electron chi connectivity index (χ1n) is 15.2. The van der Waals surface area contributed by atoms with Gasteiger partial charge in [0.2, 0.25) is 0 Å². The van der Waals surface area contributed by atoms with Gasteiger partial charge in [0.1, 0.15) is 17.1 Å². The Morgan fingerprint density at radius 2 is 1.65 bits per heavy atom. The molecular formula is C37H33N7O2. The highest BCUT2D eigenvalue weighted by Crippen LogP contribution is 2.33. The summed E-state index contributed by atoms with van der Waals surface area (Å²) in [6.45, 7) is 8.01. The van der Waals surface area contributed by atoms with Gasteiger partial charge >= 0.3 is 0 Å². The van der Waals surface area contributed by atoms with Crippen molar-refractivity contribution in [1.29, 1.82) is 0 Å². The van der Waals surface area contributed by atoms with Gasteiger partial charge in [-0.2, -0.15) is 0 Å². The molecule has 0 aliphatic carbocycles. The number of carbonyl (C=O) groups excluding carboxylic acids is 1. The van der Waals surface area contributed by atoms with Crippen molar-refractivity contribution in [3.63, 3.8) is 0 Å². The van der Waals surface area contributed by atoms with Gasteiger partial charge in [-0.25, -0.2) is 15.0 Å². The molecule has 1 saturated heterocycles. The number of phenolic OH excluding ortho intramolecular Hbond substituents is 1. The van der Waals surface area contributed by atoms with Gasteiger partial charge < -0.3 is 15.7 Å². The summed E-state index contributed by atoms with van der Waals surface area (Å²) >= 11 is 0. The molecule has 9 heteroatoms. The Bertz CT molecular complexity index is 2050. The molecule has 6 aromatic rings. The van der Waals surface area contributed by atoms with E-state index in [1.807, 2.05) is 42.5 Å². The topological polar surface area (TPSA) is 113 Å². The van der Waals surface area contributed by atoms with Crippen LogP contribution in [0.2, 0.25) is 0 Å². The van der Waals surface area contributed by atoms with Crippen LogP contribution in [0.25, 0.3) is 45.6 Å². The van der Waals surface area contributed by atoms with Gasteiger partial charge in [0, 0.05) is 61.9 Å². The summed E-state index contributed by atoms with van der Waals surface area (Å²) in [6.07, 6.45) is 4.07. The van der Waals surface area contributed by atoms with Gasteiger partial charge in [-0.05, 0) is 53.6 Å². The van der Waals surface area contributed by atoms with Gasteiger partial charge in [0.15, 0.2) is 17.8 Å². The zero-order chi connectivity index (χ0) is 31.6. The number of aromatic hydroxyl groups is 1. The second kappa shape index (κ2) is 12.3. The van der Waals surface area contributed by atoms with Crippen molar-refractivity contribution in [1.82, 2.24) is 24.4 Å². The lowest BCUT2D eigenvalue weighted by Crippen LogP contribution is -2.46. The molecule has 0 atom stereocenters. The van der Waals surface area contributed by atoms with E-state index >= 15 is 0 Å². The molecule has 3 N–H and O–H groups in total. The smallest absolute Gasteiger partial charge is 0.165 e. The zero-order valence-electron chi connectivity index (χ0n) is 25.3. The summed E-state index contributed by atoms with van der Waals surface area (Å²) < 4.78 is 2.06. The molecule has 0 spiro atoms. The zero-order valence-corrected chi connectivity index (χ0v) is 25.3. The van der Waals surface area contributed by atoms with Crippen LogP contribution in [-0.4, -0.2) is 62.0 Å². The first-order chi connectivity index (χ1) is 22.5. The lowest BCUT2D eigenvalue weighted by Gasteiger charge is -2.37. The Balaban J connectivity index is 1.15. The Morgan fingerprint density at radius 1 is 0.870 bits per heavy atom. The number of fused-ring (bicyclic) bond motifs is 1. The summed E-state index contributed by atoms with van der Waals surface area (Å²) in [4.78, 5) is 30.3. The number of phenols is 1. The molecule has 3 aromatic heterocycles. The quantitative estimate of drug-likeness (QED) is 0.196. The molecule has 9 nitrogen and oxygen atoms in total. The molecule has 0 saturated carbocycles. The van der Waals surface area contributed by atoms with Crippen LogP contribution in [0.1, 0.15) is 21.5 Å². The molecule has 3 aromatic carbocycles. The van der Waals surface area contributed by atoms with Crippen LogP contribution in [0.3, 0.4) is 0 Å². The summed E-state index contributed by atoms with van der Waals surface area (Å²) in [6, 6.07) is 29.8. The maximum absolute atomic E-state index is 11.3. The van der Waals surface area contributed by atoms with Crippen LogP contribution < -0.4 is 10.6 Å². The van der Waals surface area contributed by atoms with Crippen molar-refractivity contribution >= 4 is 35.0 Å². The molecule has 228 valence electrons. The molecule has 4 heterocycles. The minimum atomic E-state index is -0.00958. The van der Waals surface area contributed by atoms with Crippen molar-refractivity contribution in [2.75, 3.05) is 36.8 Å². The summed E-state index contributed by atoms with van der Waals surface area (Å²) in [5, 5.41) is 10.3. The molecule has 0 unspecified atom stereocenters. The predicted molar refractivity (Wildman–Crippen MR) is 183 cm³/mol. The number of pyridine rings is 2. The van der Waals surface area contributed by atoms with Crippen LogP contribution >= 0.6 is 0 Å². The predicted octanol–water partition coefficient (Wildman–Crippen LogP) is 6.22. The molecule has 0 radical (unpaired) electrons. The van der Waals surface area contributed by atoms with E-state index in [-0.39, 0.29) is 11.3 Å². The third kappa shape index (κ3) is 5.48. The Morgan fingerprint density at radius 3 is 2.37 bits per heavy atom. The average molecular weight is 608 g/mol. The number of hydrogen-bond donors (Lipinski definition) is 2. The number of piperazine rings is 1. The lowest BCUT2D eigenvalue weighted by molar-refractivity contribution is 0.112. The molecule has 1 aliphatic rings. The van der Waals surface area contributed by atoms with E-state index < -0.39 is 0 Å². The van der Waals surface area contributed by atoms with Crippen molar-refractivity contribution in [2.45, 2.75) is 6.54 Å². The molecular weight excluding hydrogens is 574 g/mol. The highest BCUT2D eigenvalue weighted by Gasteiger charge is 2.22. The van der Waals surface area contributed by atoms with Gasteiger partial charge in [0.05, 0.1) is 16.8 Å². The maximum Gasteiger partial charge on any atom is 0.165 e. The van der Waals surface area contributed by atoms with Crippen LogP contribution in [0.5, 0.6) is 5.75 Å². The number of anilines is 2. The van der Waals surface area contributed by atoms with E-state index in [0.29, 0.717) is 17.9 Å². The third-order valence-corrected chi connectivity index (χ3v) is 8.49. The molecule has 1 fully saturated rings. The largest absolute Gasteiger partial charge is 0.507 e. The second-order valence-electron chi connectivity index (χ2n) is 11.3. The second-order valence-corrected chi connectivity index (χ2v) is 11.3. The standard InChI is InChI=1S/C37H33N7O2/c1-2-26-21-28(24-45)34(46)22-33(26)43-19-17-42(18-20-43)23-25-10-12-29(13-11-25)44-36(30-9-6-16-39-35(30)38)41-32-15-14-31(40-37(32)44)27-7-4-3-5-8-27/h2-16,21-22,24,46H,1,17-20,23H2,(H2,38,39). The number of aromatic nitrogens is 4. The van der Waals surface area contributed by atoms with Crippen molar-refractivity contribution in [3.8, 4) is 34.1 Å². The molecule has 0 amide bonds. The van der Waals surface area contributed by atoms with E-state index in [4.69, 9.17) is 15.7 Å². The first-order valence-corrected chi connectivity index (χ1v) is 15.2. The number of imidazole rings is 1. The fourth-order valence-corrected chi connectivity index (χ4v) is 6.06. The Hall–Kier alpha value is -5.80. The highest BCUT2D eigenvalue weighted by molar-refractivity contribution is 5.85. The Labute approximate surface area is 266 Å². The number of nitrogens with two attached hydrogens (primary N) is 1. The van der Waals surface area contributed by atoms with E-state index in [9.17, 15) is 9.90 Å². The monoisotopic (exact) mass is 607 g/mol. The van der Waals surface area contributed by atoms with Crippen LogP contribution in [0, 0.1) is 0 Å². The SMILES string of the molecule is C=Cc1cc(C=O)c(O)cc1N1CCN(Cc2ccc(-n3c(-c4cccnc4N)nc4ccc(-c5ccccc5)nc43)cc2)CC1. The van der Waals surface area contributed by atoms with Gasteiger partial charge in [0.25, 0.3) is 0 Å². The molecule has 46 heavy (non-hydrogen) atoms. The number of benzene rings is 3. The van der Waals surface area contributed by atoms with Crippen LogP contribution in [-0.2, 0) is 6.54 Å². The van der Waals surface area contributed by atoms with E-state index in [1.165, 1.54) is 5.56 Å². The average Bonchev–Trinajstić information content (AvgIpc) is 3.48. The number of rotatable bonds is 8. The number of nitrogens with zero attached hydrogens (tertiary/aromatic N) is 6. The van der Waals surface area contributed by atoms with E-state index in [0.717, 1.165) is 77.6 Å².